The first-order chi connectivity index (χ1) is 10.7. The lowest BCUT2D eigenvalue weighted by Gasteiger charge is -2.22. The maximum atomic E-state index is 11.4. The number of nitrogens with two attached hydrogens (primary N) is 1. The van der Waals surface area contributed by atoms with E-state index in [9.17, 15) is 4.79 Å². The van der Waals surface area contributed by atoms with E-state index in [1.807, 2.05) is 12.2 Å². The number of aromatic nitrogens is 3. The van der Waals surface area contributed by atoms with Gasteiger partial charge in [-0.2, -0.15) is 5.10 Å². The molecule has 8 heteroatoms. The summed E-state index contributed by atoms with van der Waals surface area (Å²) in [7, 11) is 0. The molecule has 3 N–H and O–H groups in total. The summed E-state index contributed by atoms with van der Waals surface area (Å²) in [5.41, 5.74) is 8.79. The van der Waals surface area contributed by atoms with Crippen molar-refractivity contribution < 1.29 is 9.53 Å². The molecular formula is C14H18N6O2. The molecule has 2 aliphatic heterocycles. The van der Waals surface area contributed by atoms with Crippen molar-refractivity contribution in [2.24, 2.45) is 10.8 Å². The molecule has 1 unspecified atom stereocenters. The average Bonchev–Trinajstić information content (AvgIpc) is 2.76. The quantitative estimate of drug-likeness (QED) is 0.838. The molecule has 1 saturated heterocycles. The molecule has 0 aliphatic carbocycles. The lowest BCUT2D eigenvalue weighted by atomic mass is 10.1. The standard InChI is InChI=1S/C14H18N6O2/c15-12(21)13-18-14(10-4-3-6-16-17-8-10)20(19-13)9-11-5-1-2-7-22-11/h3-4,6,8,11,16H,1-2,5,7,9H2,(H2,15,21). The number of hydrazone groups is 1. The number of rotatable bonds is 4. The zero-order valence-electron chi connectivity index (χ0n) is 12.1. The van der Waals surface area contributed by atoms with Crippen LogP contribution in [0, 0.1) is 0 Å². The number of primary amides is 1. The zero-order valence-corrected chi connectivity index (χ0v) is 12.1. The van der Waals surface area contributed by atoms with Crippen molar-refractivity contribution >= 4 is 17.7 Å². The van der Waals surface area contributed by atoms with Crippen molar-refractivity contribution in [2.45, 2.75) is 31.9 Å². The van der Waals surface area contributed by atoms with Crippen molar-refractivity contribution in [1.29, 1.82) is 0 Å². The molecule has 1 aromatic heterocycles. The van der Waals surface area contributed by atoms with E-state index in [1.54, 1.807) is 17.1 Å². The first-order valence-corrected chi connectivity index (χ1v) is 7.26. The van der Waals surface area contributed by atoms with Gasteiger partial charge in [0.1, 0.15) is 0 Å². The second kappa shape index (κ2) is 6.52. The van der Waals surface area contributed by atoms with Gasteiger partial charge in [-0.05, 0) is 31.4 Å². The van der Waals surface area contributed by atoms with Crippen LogP contribution in [0.5, 0.6) is 0 Å². The summed E-state index contributed by atoms with van der Waals surface area (Å²) < 4.78 is 7.41. The highest BCUT2D eigenvalue weighted by molar-refractivity contribution is 6.09. The molecule has 2 aliphatic rings. The van der Waals surface area contributed by atoms with Gasteiger partial charge in [0.25, 0.3) is 5.91 Å². The molecule has 22 heavy (non-hydrogen) atoms. The number of hydrogen-bond acceptors (Lipinski definition) is 6. The monoisotopic (exact) mass is 302 g/mol. The highest BCUT2D eigenvalue weighted by Gasteiger charge is 2.21. The third-order valence-electron chi connectivity index (χ3n) is 3.53. The van der Waals surface area contributed by atoms with E-state index in [0.29, 0.717) is 12.4 Å². The van der Waals surface area contributed by atoms with Crippen LogP contribution in [0.2, 0.25) is 0 Å². The summed E-state index contributed by atoms with van der Waals surface area (Å²) in [5.74, 6) is -0.0919. The lowest BCUT2D eigenvalue weighted by Crippen LogP contribution is -2.26. The van der Waals surface area contributed by atoms with E-state index in [4.69, 9.17) is 10.5 Å². The molecule has 0 bridgehead atoms. The molecule has 3 heterocycles. The van der Waals surface area contributed by atoms with Gasteiger partial charge < -0.3 is 10.5 Å². The van der Waals surface area contributed by atoms with Crippen LogP contribution in [0.3, 0.4) is 0 Å². The van der Waals surface area contributed by atoms with Crippen LogP contribution in [-0.2, 0) is 11.3 Å². The van der Waals surface area contributed by atoms with E-state index >= 15 is 0 Å². The Morgan fingerprint density at radius 3 is 3.18 bits per heavy atom. The lowest BCUT2D eigenvalue weighted by molar-refractivity contribution is 0.00375. The number of ether oxygens (including phenoxy) is 1. The SMILES string of the molecule is NC(=O)c1nc(C2=CC=CNN=C2)n(CC2CCCCO2)n1. The maximum Gasteiger partial charge on any atom is 0.288 e. The Morgan fingerprint density at radius 1 is 1.50 bits per heavy atom. The molecule has 1 aromatic rings. The first-order valence-electron chi connectivity index (χ1n) is 7.26. The Balaban J connectivity index is 1.91. The molecule has 0 aromatic carbocycles. The molecule has 1 atom stereocenters. The van der Waals surface area contributed by atoms with Crippen LogP contribution in [0.1, 0.15) is 35.7 Å². The number of carbonyl (C=O) groups is 1. The fourth-order valence-corrected chi connectivity index (χ4v) is 2.45. The van der Waals surface area contributed by atoms with Crippen molar-refractivity contribution in [3.8, 4) is 0 Å². The summed E-state index contributed by atoms with van der Waals surface area (Å²) in [6.45, 7) is 1.30. The Hall–Kier alpha value is -2.48. The van der Waals surface area contributed by atoms with Crippen LogP contribution < -0.4 is 11.2 Å². The smallest absolute Gasteiger partial charge is 0.288 e. The average molecular weight is 302 g/mol. The van der Waals surface area contributed by atoms with Crippen LogP contribution in [0.25, 0.3) is 5.57 Å². The van der Waals surface area contributed by atoms with Gasteiger partial charge in [-0.15, -0.1) is 5.10 Å². The first kappa shape index (κ1) is 14.5. The normalized spacial score (nSPS) is 21.1. The molecule has 0 radical (unpaired) electrons. The fraction of sp³-hybridized carbons (Fsp3) is 0.429. The number of amides is 1. The number of nitrogens with one attached hydrogen (secondary N) is 1. The molecule has 1 amide bonds. The van der Waals surface area contributed by atoms with Crippen LogP contribution in [0.15, 0.2) is 23.5 Å². The van der Waals surface area contributed by atoms with Gasteiger partial charge in [-0.1, -0.05) is 0 Å². The topological polar surface area (TPSA) is 107 Å². The molecule has 0 saturated carbocycles. The van der Waals surface area contributed by atoms with Gasteiger partial charge in [0.05, 0.1) is 18.9 Å². The maximum absolute atomic E-state index is 11.4. The largest absolute Gasteiger partial charge is 0.376 e. The van der Waals surface area contributed by atoms with Crippen molar-refractivity contribution in [1.82, 2.24) is 20.2 Å². The number of nitrogens with zero attached hydrogens (tertiary/aromatic N) is 4. The molecule has 0 spiro atoms. The third-order valence-corrected chi connectivity index (χ3v) is 3.53. The van der Waals surface area contributed by atoms with Gasteiger partial charge in [-0.25, -0.2) is 9.67 Å². The van der Waals surface area contributed by atoms with Gasteiger partial charge >= 0.3 is 0 Å². The Labute approximate surface area is 127 Å². The van der Waals surface area contributed by atoms with Gasteiger partial charge in [0, 0.05) is 18.4 Å². The summed E-state index contributed by atoms with van der Waals surface area (Å²) in [4.78, 5) is 15.6. The number of allylic oxidation sites excluding steroid dienone is 3. The minimum Gasteiger partial charge on any atom is -0.376 e. The van der Waals surface area contributed by atoms with E-state index in [0.717, 1.165) is 31.4 Å². The van der Waals surface area contributed by atoms with Gasteiger partial charge in [0.15, 0.2) is 5.82 Å². The highest BCUT2D eigenvalue weighted by Crippen LogP contribution is 2.18. The summed E-state index contributed by atoms with van der Waals surface area (Å²) >= 11 is 0. The third kappa shape index (κ3) is 3.22. The highest BCUT2D eigenvalue weighted by atomic mass is 16.5. The van der Waals surface area contributed by atoms with Crippen molar-refractivity contribution in [3.05, 3.63) is 30.0 Å². The molecule has 8 nitrogen and oxygen atoms in total. The predicted octanol–water partition coefficient (Wildman–Crippen LogP) is 0.432. The van der Waals surface area contributed by atoms with Gasteiger partial charge in [0.2, 0.25) is 5.82 Å². The van der Waals surface area contributed by atoms with Crippen LogP contribution in [-0.4, -0.2) is 39.6 Å². The molecule has 1 fully saturated rings. The van der Waals surface area contributed by atoms with Crippen LogP contribution in [0.4, 0.5) is 0 Å². The second-order valence-corrected chi connectivity index (χ2v) is 5.16. The van der Waals surface area contributed by atoms with E-state index in [2.05, 4.69) is 20.6 Å². The fourth-order valence-electron chi connectivity index (χ4n) is 2.45. The van der Waals surface area contributed by atoms with Crippen LogP contribution >= 0.6 is 0 Å². The summed E-state index contributed by atoms with van der Waals surface area (Å²) in [6.07, 6.45) is 10.2. The summed E-state index contributed by atoms with van der Waals surface area (Å²) in [6, 6.07) is 0. The molecule has 3 rings (SSSR count). The van der Waals surface area contributed by atoms with Crippen molar-refractivity contribution in [3.63, 3.8) is 0 Å². The van der Waals surface area contributed by atoms with Crippen molar-refractivity contribution in [2.75, 3.05) is 6.61 Å². The van der Waals surface area contributed by atoms with E-state index < -0.39 is 5.91 Å². The Bertz CT molecular complexity index is 640. The Morgan fingerprint density at radius 2 is 2.41 bits per heavy atom. The van der Waals surface area contributed by atoms with Gasteiger partial charge in [-0.3, -0.25) is 10.2 Å². The number of carbonyl (C=O) groups excluding carboxylic acids is 1. The molecule has 116 valence electrons. The minimum atomic E-state index is -0.649. The van der Waals surface area contributed by atoms with E-state index in [1.165, 1.54) is 0 Å². The Kier molecular flexibility index (Phi) is 4.29. The predicted molar refractivity (Wildman–Crippen MR) is 80.9 cm³/mol. The zero-order chi connectivity index (χ0) is 15.4. The molecular weight excluding hydrogens is 284 g/mol. The number of hydrogen-bond donors (Lipinski definition) is 2. The van der Waals surface area contributed by atoms with E-state index in [-0.39, 0.29) is 11.9 Å². The second-order valence-electron chi connectivity index (χ2n) is 5.16. The minimum absolute atomic E-state index is 0.00120. The summed E-state index contributed by atoms with van der Waals surface area (Å²) in [5, 5.41) is 8.23.